The van der Waals surface area contributed by atoms with Crippen LogP contribution in [0.4, 0.5) is 0 Å². The number of ether oxygens (including phenoxy) is 1. The molecule has 0 spiro atoms. The zero-order chi connectivity index (χ0) is 15.1. The monoisotopic (exact) mass is 285 g/mol. The second-order valence-corrected chi connectivity index (χ2v) is 5.20. The van der Waals surface area contributed by atoms with Crippen molar-refractivity contribution in [1.29, 1.82) is 0 Å². The van der Waals surface area contributed by atoms with E-state index in [0.29, 0.717) is 13.0 Å². The van der Waals surface area contributed by atoms with Crippen LogP contribution in [0.5, 0.6) is 5.75 Å². The lowest BCUT2D eigenvalue weighted by atomic mass is 9.91. The van der Waals surface area contributed by atoms with Crippen LogP contribution in [0.15, 0.2) is 54.6 Å². The predicted octanol–water partition coefficient (Wildman–Crippen LogP) is 2.86. The predicted molar refractivity (Wildman–Crippen MR) is 85.3 cm³/mol. The Kier molecular flexibility index (Phi) is 5.37. The van der Waals surface area contributed by atoms with Gasteiger partial charge in [-0.25, -0.2) is 0 Å². The molecule has 2 aromatic carbocycles. The maximum atomic E-state index is 10.7. The van der Waals surface area contributed by atoms with Gasteiger partial charge < -0.3 is 15.6 Å². The SMILES string of the molecule is CCc1cccc(OCCC(O)(CN)c2ccccc2)c1. The first-order chi connectivity index (χ1) is 10.2. The molecule has 0 fully saturated rings. The summed E-state index contributed by atoms with van der Waals surface area (Å²) in [7, 11) is 0. The fourth-order valence-electron chi connectivity index (χ4n) is 2.31. The number of hydrogen-bond acceptors (Lipinski definition) is 3. The van der Waals surface area contributed by atoms with Crippen LogP contribution in [-0.2, 0) is 12.0 Å². The van der Waals surface area contributed by atoms with Gasteiger partial charge >= 0.3 is 0 Å². The third-order valence-electron chi connectivity index (χ3n) is 3.74. The molecule has 2 aromatic rings. The molecule has 0 aliphatic carbocycles. The number of aryl methyl sites for hydroxylation is 1. The first kappa shape index (κ1) is 15.5. The van der Waals surface area contributed by atoms with E-state index in [-0.39, 0.29) is 6.54 Å². The minimum atomic E-state index is -1.04. The van der Waals surface area contributed by atoms with E-state index in [9.17, 15) is 5.11 Å². The molecule has 21 heavy (non-hydrogen) atoms. The summed E-state index contributed by atoms with van der Waals surface area (Å²) in [5.41, 5.74) is 6.79. The molecule has 0 aliphatic heterocycles. The van der Waals surface area contributed by atoms with E-state index in [1.807, 2.05) is 48.5 Å². The normalized spacial score (nSPS) is 13.7. The van der Waals surface area contributed by atoms with Crippen LogP contribution in [0.25, 0.3) is 0 Å². The summed E-state index contributed by atoms with van der Waals surface area (Å²) in [6, 6.07) is 17.5. The van der Waals surface area contributed by atoms with E-state index in [1.54, 1.807) is 0 Å². The molecule has 2 rings (SSSR count). The number of aliphatic hydroxyl groups is 1. The van der Waals surface area contributed by atoms with Gasteiger partial charge in [-0.2, -0.15) is 0 Å². The molecule has 1 unspecified atom stereocenters. The highest BCUT2D eigenvalue weighted by molar-refractivity contribution is 5.28. The van der Waals surface area contributed by atoms with Crippen LogP contribution in [0.2, 0.25) is 0 Å². The fourth-order valence-corrected chi connectivity index (χ4v) is 2.31. The summed E-state index contributed by atoms with van der Waals surface area (Å²) in [6.07, 6.45) is 1.44. The first-order valence-corrected chi connectivity index (χ1v) is 7.37. The Morgan fingerprint density at radius 3 is 2.52 bits per heavy atom. The van der Waals surface area contributed by atoms with Gasteiger partial charge in [0.15, 0.2) is 0 Å². The third-order valence-corrected chi connectivity index (χ3v) is 3.74. The summed E-state index contributed by atoms with van der Waals surface area (Å²) >= 11 is 0. The Morgan fingerprint density at radius 1 is 1.10 bits per heavy atom. The molecule has 0 bridgehead atoms. The summed E-state index contributed by atoms with van der Waals surface area (Å²) in [6.45, 7) is 2.72. The lowest BCUT2D eigenvalue weighted by Gasteiger charge is -2.27. The van der Waals surface area contributed by atoms with Crippen molar-refractivity contribution in [3.63, 3.8) is 0 Å². The lowest BCUT2D eigenvalue weighted by Crippen LogP contribution is -2.36. The molecular weight excluding hydrogens is 262 g/mol. The average molecular weight is 285 g/mol. The highest BCUT2D eigenvalue weighted by Gasteiger charge is 2.27. The molecule has 0 aromatic heterocycles. The van der Waals surface area contributed by atoms with E-state index < -0.39 is 5.60 Å². The van der Waals surface area contributed by atoms with Gasteiger partial charge in [0.05, 0.1) is 6.61 Å². The lowest BCUT2D eigenvalue weighted by molar-refractivity contribution is 0.0233. The van der Waals surface area contributed by atoms with Crippen LogP contribution in [0.1, 0.15) is 24.5 Å². The summed E-state index contributed by atoms with van der Waals surface area (Å²) in [5, 5.41) is 10.7. The molecular formula is C18H23NO2. The average Bonchev–Trinajstić information content (AvgIpc) is 2.55. The quantitative estimate of drug-likeness (QED) is 0.822. The number of rotatable bonds is 7. The van der Waals surface area contributed by atoms with Crippen molar-refractivity contribution < 1.29 is 9.84 Å². The van der Waals surface area contributed by atoms with Gasteiger partial charge in [-0.1, -0.05) is 49.4 Å². The Bertz CT molecular complexity index is 556. The van der Waals surface area contributed by atoms with E-state index in [0.717, 1.165) is 17.7 Å². The number of hydrogen-bond donors (Lipinski definition) is 2. The number of nitrogens with two attached hydrogens (primary N) is 1. The first-order valence-electron chi connectivity index (χ1n) is 7.37. The van der Waals surface area contributed by atoms with Gasteiger partial charge in [0.1, 0.15) is 11.4 Å². The van der Waals surface area contributed by atoms with Crippen LogP contribution in [0.3, 0.4) is 0 Å². The zero-order valence-electron chi connectivity index (χ0n) is 12.5. The molecule has 0 aliphatic rings. The minimum Gasteiger partial charge on any atom is -0.493 e. The van der Waals surface area contributed by atoms with Gasteiger partial charge in [0.25, 0.3) is 0 Å². The second-order valence-electron chi connectivity index (χ2n) is 5.20. The molecule has 3 nitrogen and oxygen atoms in total. The standard InChI is InChI=1S/C18H23NO2/c1-2-15-7-6-10-17(13-15)21-12-11-18(20,14-19)16-8-4-3-5-9-16/h3-10,13,20H,2,11-12,14,19H2,1H3. The van der Waals surface area contributed by atoms with Crippen molar-refractivity contribution in [2.75, 3.05) is 13.2 Å². The van der Waals surface area contributed by atoms with Gasteiger partial charge in [-0.05, 0) is 29.7 Å². The topological polar surface area (TPSA) is 55.5 Å². The molecule has 0 saturated heterocycles. The van der Waals surface area contributed by atoms with Crippen molar-refractivity contribution in [2.24, 2.45) is 5.73 Å². The highest BCUT2D eigenvalue weighted by Crippen LogP contribution is 2.24. The second kappa shape index (κ2) is 7.25. The van der Waals surface area contributed by atoms with Gasteiger partial charge in [-0.15, -0.1) is 0 Å². The van der Waals surface area contributed by atoms with Crippen LogP contribution in [0, 0.1) is 0 Å². The van der Waals surface area contributed by atoms with Crippen molar-refractivity contribution >= 4 is 0 Å². The number of benzene rings is 2. The van der Waals surface area contributed by atoms with Crippen molar-refractivity contribution in [3.8, 4) is 5.75 Å². The van der Waals surface area contributed by atoms with Crippen LogP contribution < -0.4 is 10.5 Å². The molecule has 3 heteroatoms. The maximum absolute atomic E-state index is 10.7. The fraction of sp³-hybridized carbons (Fsp3) is 0.333. The smallest absolute Gasteiger partial charge is 0.119 e. The van der Waals surface area contributed by atoms with Crippen molar-refractivity contribution in [3.05, 3.63) is 65.7 Å². The van der Waals surface area contributed by atoms with E-state index in [2.05, 4.69) is 13.0 Å². The Hall–Kier alpha value is -1.84. The van der Waals surface area contributed by atoms with Gasteiger partial charge in [0.2, 0.25) is 0 Å². The van der Waals surface area contributed by atoms with Gasteiger partial charge in [-0.3, -0.25) is 0 Å². The van der Waals surface area contributed by atoms with Crippen molar-refractivity contribution in [1.82, 2.24) is 0 Å². The highest BCUT2D eigenvalue weighted by atomic mass is 16.5. The van der Waals surface area contributed by atoms with Crippen molar-refractivity contribution in [2.45, 2.75) is 25.4 Å². The van der Waals surface area contributed by atoms with Gasteiger partial charge in [0, 0.05) is 13.0 Å². The Labute approximate surface area is 126 Å². The third kappa shape index (κ3) is 4.06. The Morgan fingerprint density at radius 2 is 1.86 bits per heavy atom. The molecule has 3 N–H and O–H groups in total. The molecule has 0 saturated carbocycles. The summed E-state index contributed by atoms with van der Waals surface area (Å²) in [5.74, 6) is 0.835. The minimum absolute atomic E-state index is 0.176. The van der Waals surface area contributed by atoms with Crippen LogP contribution in [-0.4, -0.2) is 18.3 Å². The largest absolute Gasteiger partial charge is 0.493 e. The Balaban J connectivity index is 1.97. The summed E-state index contributed by atoms with van der Waals surface area (Å²) in [4.78, 5) is 0. The van der Waals surface area contributed by atoms with E-state index >= 15 is 0 Å². The molecule has 0 heterocycles. The molecule has 112 valence electrons. The van der Waals surface area contributed by atoms with E-state index in [1.165, 1.54) is 5.56 Å². The molecule has 0 amide bonds. The zero-order valence-corrected chi connectivity index (χ0v) is 12.5. The summed E-state index contributed by atoms with van der Waals surface area (Å²) < 4.78 is 5.75. The van der Waals surface area contributed by atoms with Crippen LogP contribution >= 0.6 is 0 Å². The molecule has 1 atom stereocenters. The van der Waals surface area contributed by atoms with E-state index in [4.69, 9.17) is 10.5 Å². The molecule has 0 radical (unpaired) electrons. The maximum Gasteiger partial charge on any atom is 0.119 e.